The molecule has 1 aliphatic heterocycles. The van der Waals surface area contributed by atoms with E-state index >= 15 is 0 Å². The molecule has 2 rings (SSSR count). The quantitative estimate of drug-likeness (QED) is 0.774. The summed E-state index contributed by atoms with van der Waals surface area (Å²) in [5.41, 5.74) is 1.22. The van der Waals surface area contributed by atoms with E-state index in [1.54, 1.807) is 12.5 Å². The second kappa shape index (κ2) is 6.92. The first-order valence-electron chi connectivity index (χ1n) is 6.86. The van der Waals surface area contributed by atoms with Gasteiger partial charge in [-0.25, -0.2) is 0 Å². The van der Waals surface area contributed by atoms with Gasteiger partial charge in [-0.1, -0.05) is 0 Å². The third-order valence-electron chi connectivity index (χ3n) is 3.72. The number of hydrogen-bond donors (Lipinski definition) is 1. The lowest BCUT2D eigenvalue weighted by atomic mass is 10.1. The highest BCUT2D eigenvalue weighted by atomic mass is 16.3. The fourth-order valence-corrected chi connectivity index (χ4v) is 2.52. The van der Waals surface area contributed by atoms with E-state index in [9.17, 15) is 0 Å². The number of rotatable bonds is 6. The van der Waals surface area contributed by atoms with Crippen LogP contribution in [0.15, 0.2) is 23.0 Å². The molecule has 1 atom stereocenters. The molecule has 0 bridgehead atoms. The molecule has 1 aromatic heterocycles. The molecule has 0 saturated carbocycles. The summed E-state index contributed by atoms with van der Waals surface area (Å²) in [6.45, 7) is 5.55. The number of nitrogens with zero attached hydrogens (tertiary/aromatic N) is 2. The van der Waals surface area contributed by atoms with Gasteiger partial charge in [-0.05, 0) is 39.5 Å². The third-order valence-corrected chi connectivity index (χ3v) is 3.72. The molecule has 1 unspecified atom stereocenters. The Morgan fingerprint density at radius 3 is 3.11 bits per heavy atom. The monoisotopic (exact) mass is 251 g/mol. The minimum Gasteiger partial charge on any atom is -0.472 e. The molecule has 4 nitrogen and oxygen atoms in total. The van der Waals surface area contributed by atoms with Gasteiger partial charge in [0.05, 0.1) is 12.5 Å². The van der Waals surface area contributed by atoms with E-state index in [0.29, 0.717) is 0 Å². The van der Waals surface area contributed by atoms with Crippen LogP contribution in [0, 0.1) is 0 Å². The Balaban J connectivity index is 1.61. The highest BCUT2D eigenvalue weighted by Gasteiger charge is 2.20. The molecule has 0 spiro atoms. The topological polar surface area (TPSA) is 31.6 Å². The maximum atomic E-state index is 5.05. The third kappa shape index (κ3) is 4.12. The van der Waals surface area contributed by atoms with Gasteiger partial charge in [-0.3, -0.25) is 0 Å². The molecule has 0 aromatic carbocycles. The molecule has 102 valence electrons. The largest absolute Gasteiger partial charge is 0.472 e. The second-order valence-electron chi connectivity index (χ2n) is 5.37. The van der Waals surface area contributed by atoms with Crippen LogP contribution in [0.25, 0.3) is 0 Å². The molecule has 1 aromatic rings. The molecule has 0 amide bonds. The van der Waals surface area contributed by atoms with Crippen LogP contribution in [0.1, 0.15) is 18.4 Å². The van der Waals surface area contributed by atoms with Crippen molar-refractivity contribution in [1.29, 1.82) is 0 Å². The van der Waals surface area contributed by atoms with Crippen molar-refractivity contribution in [3.8, 4) is 0 Å². The molecular formula is C14H25N3O. The van der Waals surface area contributed by atoms with Crippen LogP contribution in [-0.2, 0) is 6.54 Å². The molecule has 0 radical (unpaired) electrons. The summed E-state index contributed by atoms with van der Waals surface area (Å²) >= 11 is 0. The Morgan fingerprint density at radius 1 is 1.50 bits per heavy atom. The summed E-state index contributed by atoms with van der Waals surface area (Å²) in [7, 11) is 4.37. The molecule has 18 heavy (non-hydrogen) atoms. The molecule has 1 aliphatic rings. The lowest BCUT2D eigenvalue weighted by Crippen LogP contribution is -2.46. The normalized spacial score (nSPS) is 21.6. The SMILES string of the molecule is CN(C)C1CCCN(CCNCc2ccoc2)C1. The minimum absolute atomic E-state index is 0.729. The standard InChI is InChI=1S/C14H25N3O/c1-16(2)14-4-3-7-17(11-14)8-6-15-10-13-5-9-18-12-13/h5,9,12,14-15H,3-4,6-8,10-11H2,1-2H3. The first-order chi connectivity index (χ1) is 8.75. The lowest BCUT2D eigenvalue weighted by Gasteiger charge is -2.36. The number of nitrogens with one attached hydrogen (secondary N) is 1. The number of piperidine rings is 1. The van der Waals surface area contributed by atoms with Crippen LogP contribution in [0.2, 0.25) is 0 Å². The highest BCUT2D eigenvalue weighted by molar-refractivity contribution is 5.04. The molecule has 1 N–H and O–H groups in total. The summed E-state index contributed by atoms with van der Waals surface area (Å²) in [5, 5.41) is 3.46. The van der Waals surface area contributed by atoms with Gasteiger partial charge in [0.25, 0.3) is 0 Å². The number of hydrogen-bond acceptors (Lipinski definition) is 4. The van der Waals surface area contributed by atoms with Gasteiger partial charge in [0.15, 0.2) is 0 Å². The number of likely N-dealkylation sites (tertiary alicyclic amines) is 1. The van der Waals surface area contributed by atoms with Crippen molar-refractivity contribution < 1.29 is 4.42 Å². The maximum absolute atomic E-state index is 5.05. The molecule has 2 heterocycles. The van der Waals surface area contributed by atoms with Crippen molar-refractivity contribution in [2.45, 2.75) is 25.4 Å². The van der Waals surface area contributed by atoms with E-state index in [0.717, 1.165) is 25.7 Å². The van der Waals surface area contributed by atoms with Gasteiger partial charge in [-0.2, -0.15) is 0 Å². The first kappa shape index (κ1) is 13.6. The van der Waals surface area contributed by atoms with Crippen molar-refractivity contribution in [2.75, 3.05) is 40.3 Å². The maximum Gasteiger partial charge on any atom is 0.0947 e. The van der Waals surface area contributed by atoms with Gasteiger partial charge in [0.1, 0.15) is 0 Å². The van der Waals surface area contributed by atoms with E-state index in [4.69, 9.17) is 4.42 Å². The van der Waals surface area contributed by atoms with Crippen LogP contribution < -0.4 is 5.32 Å². The summed E-state index contributed by atoms with van der Waals surface area (Å²) < 4.78 is 5.05. The zero-order valence-electron chi connectivity index (χ0n) is 11.6. The fourth-order valence-electron chi connectivity index (χ4n) is 2.52. The van der Waals surface area contributed by atoms with Gasteiger partial charge < -0.3 is 19.5 Å². The average Bonchev–Trinajstić information content (AvgIpc) is 2.88. The van der Waals surface area contributed by atoms with Gasteiger partial charge in [0, 0.05) is 37.8 Å². The summed E-state index contributed by atoms with van der Waals surface area (Å²) in [5.74, 6) is 0. The van der Waals surface area contributed by atoms with E-state index in [1.165, 1.54) is 31.5 Å². The Kier molecular flexibility index (Phi) is 5.23. The van der Waals surface area contributed by atoms with Gasteiger partial charge >= 0.3 is 0 Å². The predicted molar refractivity (Wildman–Crippen MR) is 73.6 cm³/mol. The van der Waals surface area contributed by atoms with Crippen LogP contribution in [0.5, 0.6) is 0 Å². The van der Waals surface area contributed by atoms with Crippen molar-refractivity contribution in [3.63, 3.8) is 0 Å². The second-order valence-corrected chi connectivity index (χ2v) is 5.37. The van der Waals surface area contributed by atoms with Crippen molar-refractivity contribution in [3.05, 3.63) is 24.2 Å². The Morgan fingerprint density at radius 2 is 2.39 bits per heavy atom. The number of likely N-dealkylation sites (N-methyl/N-ethyl adjacent to an activating group) is 1. The van der Waals surface area contributed by atoms with Crippen molar-refractivity contribution in [2.24, 2.45) is 0 Å². The lowest BCUT2D eigenvalue weighted by molar-refractivity contribution is 0.134. The fraction of sp³-hybridized carbons (Fsp3) is 0.714. The van der Waals surface area contributed by atoms with Crippen LogP contribution in [0.3, 0.4) is 0 Å². The van der Waals surface area contributed by atoms with Crippen LogP contribution in [0.4, 0.5) is 0 Å². The average molecular weight is 251 g/mol. The van der Waals surface area contributed by atoms with Crippen LogP contribution in [-0.4, -0.2) is 56.1 Å². The zero-order chi connectivity index (χ0) is 12.8. The van der Waals surface area contributed by atoms with Crippen molar-refractivity contribution >= 4 is 0 Å². The van der Waals surface area contributed by atoms with E-state index in [1.807, 2.05) is 6.07 Å². The van der Waals surface area contributed by atoms with Gasteiger partial charge in [-0.15, -0.1) is 0 Å². The summed E-state index contributed by atoms with van der Waals surface area (Å²) in [6.07, 6.45) is 6.19. The van der Waals surface area contributed by atoms with Crippen molar-refractivity contribution in [1.82, 2.24) is 15.1 Å². The Bertz CT molecular complexity index is 324. The first-order valence-corrected chi connectivity index (χ1v) is 6.86. The molecule has 1 saturated heterocycles. The molecular weight excluding hydrogens is 226 g/mol. The van der Waals surface area contributed by atoms with E-state index < -0.39 is 0 Å². The zero-order valence-corrected chi connectivity index (χ0v) is 11.6. The minimum atomic E-state index is 0.729. The number of furan rings is 1. The van der Waals surface area contributed by atoms with Crippen LogP contribution >= 0.6 is 0 Å². The molecule has 0 aliphatic carbocycles. The predicted octanol–water partition coefficient (Wildman–Crippen LogP) is 1.40. The summed E-state index contributed by atoms with van der Waals surface area (Å²) in [4.78, 5) is 4.92. The molecule has 1 fully saturated rings. The molecule has 4 heteroatoms. The summed E-state index contributed by atoms with van der Waals surface area (Å²) in [6, 6.07) is 2.74. The Labute approximate surface area is 110 Å². The smallest absolute Gasteiger partial charge is 0.0947 e. The Hall–Kier alpha value is -0.840. The van der Waals surface area contributed by atoms with E-state index in [-0.39, 0.29) is 0 Å². The van der Waals surface area contributed by atoms with E-state index in [2.05, 4.69) is 29.2 Å². The van der Waals surface area contributed by atoms with Gasteiger partial charge in [0.2, 0.25) is 0 Å². The highest BCUT2D eigenvalue weighted by Crippen LogP contribution is 2.12.